The maximum atomic E-state index is 13.7. The van der Waals surface area contributed by atoms with Gasteiger partial charge in [0.05, 0.1) is 5.92 Å². The van der Waals surface area contributed by atoms with E-state index in [1.807, 2.05) is 0 Å². The molecule has 2 aromatic rings. The summed E-state index contributed by atoms with van der Waals surface area (Å²) >= 11 is 3.21. The van der Waals surface area contributed by atoms with Crippen molar-refractivity contribution in [2.24, 2.45) is 0 Å². The predicted octanol–water partition coefficient (Wildman–Crippen LogP) is 4.14. The first-order chi connectivity index (χ1) is 9.49. The summed E-state index contributed by atoms with van der Waals surface area (Å²) in [5.74, 6) is -3.42. The Morgan fingerprint density at radius 2 is 1.85 bits per heavy atom. The molecule has 0 aliphatic rings. The third-order valence-electron chi connectivity index (χ3n) is 3.01. The van der Waals surface area contributed by atoms with Crippen LogP contribution < -0.4 is 0 Å². The minimum atomic E-state index is -1.19. The van der Waals surface area contributed by atoms with E-state index in [0.717, 1.165) is 0 Å². The number of benzene rings is 2. The lowest BCUT2D eigenvalue weighted by atomic mass is 9.91. The first kappa shape index (κ1) is 14.7. The van der Waals surface area contributed by atoms with Gasteiger partial charge in [-0.25, -0.2) is 8.78 Å². The largest absolute Gasteiger partial charge is 0.481 e. The molecule has 1 atom stereocenters. The molecule has 0 fully saturated rings. The van der Waals surface area contributed by atoms with Crippen molar-refractivity contribution in [2.45, 2.75) is 12.3 Å². The third kappa shape index (κ3) is 3.22. The van der Waals surface area contributed by atoms with Gasteiger partial charge in [-0.3, -0.25) is 4.79 Å². The summed E-state index contributed by atoms with van der Waals surface area (Å²) in [6, 6.07) is 9.93. The van der Waals surface area contributed by atoms with Crippen molar-refractivity contribution in [2.75, 3.05) is 0 Å². The molecule has 0 spiro atoms. The summed E-state index contributed by atoms with van der Waals surface area (Å²) in [4.78, 5) is 11.4. The van der Waals surface area contributed by atoms with E-state index in [0.29, 0.717) is 4.47 Å². The van der Waals surface area contributed by atoms with Crippen LogP contribution in [0, 0.1) is 11.6 Å². The van der Waals surface area contributed by atoms with Gasteiger partial charge < -0.3 is 5.11 Å². The minimum Gasteiger partial charge on any atom is -0.481 e. The van der Waals surface area contributed by atoms with Gasteiger partial charge in [0.1, 0.15) is 11.6 Å². The van der Waals surface area contributed by atoms with Gasteiger partial charge >= 0.3 is 5.97 Å². The second kappa shape index (κ2) is 6.13. The fourth-order valence-corrected chi connectivity index (χ4v) is 2.42. The Hall–Kier alpha value is -1.75. The zero-order valence-corrected chi connectivity index (χ0v) is 11.9. The van der Waals surface area contributed by atoms with Crippen LogP contribution in [0.25, 0.3) is 0 Å². The van der Waals surface area contributed by atoms with Crippen molar-refractivity contribution in [3.8, 4) is 0 Å². The molecule has 0 saturated heterocycles. The number of aliphatic carboxylic acids is 1. The Labute approximate surface area is 123 Å². The van der Waals surface area contributed by atoms with E-state index in [1.165, 1.54) is 36.4 Å². The molecule has 0 radical (unpaired) electrons. The van der Waals surface area contributed by atoms with Crippen molar-refractivity contribution in [3.63, 3.8) is 0 Å². The second-order valence-corrected chi connectivity index (χ2v) is 5.27. The number of carboxylic acids is 1. The standard InChI is InChI=1S/C15H11BrF2O2/c16-10-5-6-13(17)9(7-10)8-12(15(19)20)11-3-1-2-4-14(11)18/h1-7,12H,8H2,(H,19,20). The molecule has 1 N–H and O–H groups in total. The maximum Gasteiger partial charge on any atom is 0.311 e. The smallest absolute Gasteiger partial charge is 0.311 e. The van der Waals surface area contributed by atoms with Crippen molar-refractivity contribution in [1.82, 2.24) is 0 Å². The first-order valence-corrected chi connectivity index (χ1v) is 6.69. The molecule has 0 aliphatic carbocycles. The zero-order valence-electron chi connectivity index (χ0n) is 10.3. The van der Waals surface area contributed by atoms with Gasteiger partial charge in [0, 0.05) is 10.0 Å². The van der Waals surface area contributed by atoms with Crippen LogP contribution >= 0.6 is 15.9 Å². The number of hydrogen-bond acceptors (Lipinski definition) is 1. The summed E-state index contributed by atoms with van der Waals surface area (Å²) < 4.78 is 28.1. The Balaban J connectivity index is 2.38. The molecule has 0 amide bonds. The van der Waals surface area contributed by atoms with Crippen molar-refractivity contribution in [1.29, 1.82) is 0 Å². The number of rotatable bonds is 4. The predicted molar refractivity (Wildman–Crippen MR) is 74.6 cm³/mol. The van der Waals surface area contributed by atoms with Crippen LogP contribution in [0.15, 0.2) is 46.9 Å². The lowest BCUT2D eigenvalue weighted by Crippen LogP contribution is -2.16. The Morgan fingerprint density at radius 3 is 2.50 bits per heavy atom. The van der Waals surface area contributed by atoms with E-state index in [-0.39, 0.29) is 17.5 Å². The molecule has 0 aromatic heterocycles. The summed E-state index contributed by atoms with van der Waals surface area (Å²) in [7, 11) is 0. The van der Waals surface area contributed by atoms with E-state index in [2.05, 4.69) is 15.9 Å². The van der Waals surface area contributed by atoms with Crippen LogP contribution in [0.3, 0.4) is 0 Å². The number of carboxylic acid groups (broad SMARTS) is 1. The number of halogens is 3. The summed E-state index contributed by atoms with van der Waals surface area (Å²) in [5.41, 5.74) is 0.286. The molecule has 20 heavy (non-hydrogen) atoms. The maximum absolute atomic E-state index is 13.7. The summed E-state index contributed by atoms with van der Waals surface area (Å²) in [6.45, 7) is 0. The van der Waals surface area contributed by atoms with Gasteiger partial charge in [-0.2, -0.15) is 0 Å². The van der Waals surface area contributed by atoms with E-state index >= 15 is 0 Å². The van der Waals surface area contributed by atoms with E-state index in [9.17, 15) is 18.7 Å². The molecule has 0 aliphatic heterocycles. The van der Waals surface area contributed by atoms with E-state index in [1.54, 1.807) is 6.07 Å². The lowest BCUT2D eigenvalue weighted by Gasteiger charge is -2.14. The van der Waals surface area contributed by atoms with Crippen LogP contribution in [0.1, 0.15) is 17.0 Å². The van der Waals surface area contributed by atoms with Gasteiger partial charge in [0.2, 0.25) is 0 Å². The Kier molecular flexibility index (Phi) is 4.49. The molecule has 104 valence electrons. The molecule has 0 heterocycles. The fraction of sp³-hybridized carbons (Fsp3) is 0.133. The van der Waals surface area contributed by atoms with E-state index in [4.69, 9.17) is 0 Å². The molecule has 2 rings (SSSR count). The van der Waals surface area contributed by atoms with Crippen LogP contribution in [0.2, 0.25) is 0 Å². The third-order valence-corrected chi connectivity index (χ3v) is 3.50. The molecular weight excluding hydrogens is 330 g/mol. The molecule has 1 unspecified atom stereocenters. The van der Waals surface area contributed by atoms with Crippen molar-refractivity contribution < 1.29 is 18.7 Å². The highest BCUT2D eigenvalue weighted by Crippen LogP contribution is 2.26. The highest BCUT2D eigenvalue weighted by Gasteiger charge is 2.24. The normalized spacial score (nSPS) is 12.2. The van der Waals surface area contributed by atoms with E-state index < -0.39 is 23.5 Å². The fourth-order valence-electron chi connectivity index (χ4n) is 2.01. The molecule has 2 aromatic carbocycles. The quantitative estimate of drug-likeness (QED) is 0.908. The van der Waals surface area contributed by atoms with Crippen LogP contribution in [-0.4, -0.2) is 11.1 Å². The molecule has 5 heteroatoms. The molecule has 0 bridgehead atoms. The molecule has 2 nitrogen and oxygen atoms in total. The zero-order chi connectivity index (χ0) is 14.7. The van der Waals surface area contributed by atoms with Gasteiger partial charge in [-0.15, -0.1) is 0 Å². The van der Waals surface area contributed by atoms with Gasteiger partial charge in [-0.1, -0.05) is 34.1 Å². The van der Waals surface area contributed by atoms with Crippen LogP contribution in [0.5, 0.6) is 0 Å². The van der Waals surface area contributed by atoms with Gasteiger partial charge in [-0.05, 0) is 36.2 Å². The van der Waals surface area contributed by atoms with Gasteiger partial charge in [0.15, 0.2) is 0 Å². The average Bonchev–Trinajstić information content (AvgIpc) is 2.40. The summed E-state index contributed by atoms with van der Waals surface area (Å²) in [6.07, 6.45) is -0.110. The monoisotopic (exact) mass is 340 g/mol. The molecular formula is C15H11BrF2O2. The number of carbonyl (C=O) groups is 1. The van der Waals surface area contributed by atoms with Crippen molar-refractivity contribution >= 4 is 21.9 Å². The van der Waals surface area contributed by atoms with Crippen molar-refractivity contribution in [3.05, 3.63) is 69.7 Å². The van der Waals surface area contributed by atoms with Crippen LogP contribution in [-0.2, 0) is 11.2 Å². The lowest BCUT2D eigenvalue weighted by molar-refractivity contribution is -0.138. The topological polar surface area (TPSA) is 37.3 Å². The highest BCUT2D eigenvalue weighted by atomic mass is 79.9. The highest BCUT2D eigenvalue weighted by molar-refractivity contribution is 9.10. The second-order valence-electron chi connectivity index (χ2n) is 4.35. The minimum absolute atomic E-state index is 0.0550. The number of hydrogen-bond donors (Lipinski definition) is 1. The van der Waals surface area contributed by atoms with Gasteiger partial charge in [0.25, 0.3) is 0 Å². The SMILES string of the molecule is O=C(O)C(Cc1cc(Br)ccc1F)c1ccccc1F. The average molecular weight is 341 g/mol. The Morgan fingerprint density at radius 1 is 1.15 bits per heavy atom. The van der Waals surface area contributed by atoms with Crippen LogP contribution in [0.4, 0.5) is 8.78 Å². The summed E-state index contributed by atoms with van der Waals surface area (Å²) in [5, 5.41) is 9.27. The Bertz CT molecular complexity index is 644. The first-order valence-electron chi connectivity index (χ1n) is 5.90. The molecule has 0 saturated carbocycles.